The standard InChI is InChI=1S/C23H23N4O4/c1-6-14-7-8-17(28-2)21(31-5)19(14)16-10-13(11-18(29-3)20(16)30-4)9-15-12-26-23(25)27-22(15)24/h1,8,10-12H,9H2,2-5H3,(H4,24,25,26,27). The van der Waals surface area contributed by atoms with Gasteiger partial charge in [-0.1, -0.05) is 5.92 Å². The fraction of sp³-hybridized carbons (Fsp3) is 0.217. The van der Waals surface area contributed by atoms with Crippen molar-refractivity contribution in [1.82, 2.24) is 9.97 Å². The third kappa shape index (κ3) is 4.12. The Labute approximate surface area is 181 Å². The molecular formula is C23H23N4O4. The van der Waals surface area contributed by atoms with Gasteiger partial charge in [0.05, 0.1) is 28.4 Å². The van der Waals surface area contributed by atoms with Gasteiger partial charge >= 0.3 is 0 Å². The summed E-state index contributed by atoms with van der Waals surface area (Å²) < 4.78 is 22.3. The molecule has 0 amide bonds. The number of aromatic nitrogens is 2. The molecule has 0 aliphatic rings. The Balaban J connectivity index is 2.28. The smallest absolute Gasteiger partial charge is 0.221 e. The Bertz CT molecular complexity index is 1160. The van der Waals surface area contributed by atoms with Crippen molar-refractivity contribution < 1.29 is 18.9 Å². The molecule has 0 unspecified atom stereocenters. The molecule has 3 aromatic rings. The van der Waals surface area contributed by atoms with E-state index in [9.17, 15) is 0 Å². The van der Waals surface area contributed by atoms with Gasteiger partial charge in [0.2, 0.25) is 5.95 Å². The third-order valence-electron chi connectivity index (χ3n) is 4.74. The zero-order chi connectivity index (χ0) is 22.5. The first-order valence-electron chi connectivity index (χ1n) is 9.22. The molecule has 159 valence electrons. The van der Waals surface area contributed by atoms with Gasteiger partial charge in [-0.3, -0.25) is 0 Å². The lowest BCUT2D eigenvalue weighted by atomic mass is 9.93. The zero-order valence-corrected chi connectivity index (χ0v) is 17.8. The van der Waals surface area contributed by atoms with E-state index >= 15 is 0 Å². The number of hydrogen-bond donors (Lipinski definition) is 2. The van der Waals surface area contributed by atoms with Gasteiger partial charge < -0.3 is 30.4 Å². The Morgan fingerprint density at radius 3 is 2.29 bits per heavy atom. The van der Waals surface area contributed by atoms with Gasteiger partial charge in [0.1, 0.15) is 5.82 Å². The normalized spacial score (nSPS) is 10.3. The first kappa shape index (κ1) is 21.6. The fourth-order valence-corrected chi connectivity index (χ4v) is 3.34. The summed E-state index contributed by atoms with van der Waals surface area (Å²) in [7, 11) is 6.20. The molecule has 0 bridgehead atoms. The Morgan fingerprint density at radius 1 is 1.00 bits per heavy atom. The molecule has 3 rings (SSSR count). The Hall–Kier alpha value is -4.12. The lowest BCUT2D eigenvalue weighted by Gasteiger charge is -2.19. The second-order valence-electron chi connectivity index (χ2n) is 6.48. The highest BCUT2D eigenvalue weighted by Crippen LogP contribution is 2.47. The minimum absolute atomic E-state index is 0.115. The van der Waals surface area contributed by atoms with E-state index in [0.717, 1.165) is 5.56 Å². The largest absolute Gasteiger partial charge is 0.493 e. The molecule has 1 heterocycles. The van der Waals surface area contributed by atoms with Gasteiger partial charge in [0.15, 0.2) is 23.0 Å². The summed E-state index contributed by atoms with van der Waals surface area (Å²) in [5, 5.41) is 0. The number of terminal acetylenes is 1. The number of methoxy groups -OCH3 is 4. The summed E-state index contributed by atoms with van der Waals surface area (Å²) in [5.74, 6) is 5.02. The summed E-state index contributed by atoms with van der Waals surface area (Å²) in [6.45, 7) is 0. The van der Waals surface area contributed by atoms with Crippen molar-refractivity contribution >= 4 is 11.8 Å². The van der Waals surface area contributed by atoms with Crippen LogP contribution in [0.4, 0.5) is 11.8 Å². The van der Waals surface area contributed by atoms with Crippen molar-refractivity contribution in [3.05, 3.63) is 47.2 Å². The van der Waals surface area contributed by atoms with Crippen LogP contribution in [0.25, 0.3) is 11.1 Å². The minimum Gasteiger partial charge on any atom is -0.493 e. The average molecular weight is 419 g/mol. The van der Waals surface area contributed by atoms with Crippen LogP contribution in [-0.2, 0) is 6.42 Å². The van der Waals surface area contributed by atoms with Crippen molar-refractivity contribution in [2.75, 3.05) is 39.9 Å². The molecule has 1 aromatic heterocycles. The second kappa shape index (κ2) is 9.13. The predicted molar refractivity (Wildman–Crippen MR) is 119 cm³/mol. The molecule has 1 radical (unpaired) electrons. The molecule has 8 nitrogen and oxygen atoms in total. The number of nitrogens with zero attached hydrogens (tertiary/aromatic N) is 2. The van der Waals surface area contributed by atoms with E-state index in [1.807, 2.05) is 12.1 Å². The van der Waals surface area contributed by atoms with Crippen LogP contribution < -0.4 is 30.4 Å². The summed E-state index contributed by atoms with van der Waals surface area (Å²) in [6.07, 6.45) is 7.80. The van der Waals surface area contributed by atoms with Gasteiger partial charge in [-0.2, -0.15) is 4.98 Å². The topological polar surface area (TPSA) is 115 Å². The van der Waals surface area contributed by atoms with Crippen LogP contribution in [0, 0.1) is 18.4 Å². The molecular weight excluding hydrogens is 396 g/mol. The van der Waals surface area contributed by atoms with E-state index in [1.54, 1.807) is 40.7 Å². The number of ether oxygens (including phenoxy) is 4. The molecule has 31 heavy (non-hydrogen) atoms. The average Bonchev–Trinajstić information content (AvgIpc) is 2.78. The lowest BCUT2D eigenvalue weighted by molar-refractivity contribution is 0.351. The van der Waals surface area contributed by atoms with Crippen LogP contribution in [0.15, 0.2) is 24.4 Å². The highest BCUT2D eigenvalue weighted by Gasteiger charge is 2.23. The van der Waals surface area contributed by atoms with Crippen LogP contribution in [0.1, 0.15) is 16.7 Å². The van der Waals surface area contributed by atoms with Gasteiger partial charge in [-0.05, 0) is 23.8 Å². The van der Waals surface area contributed by atoms with Crippen molar-refractivity contribution in [2.24, 2.45) is 0 Å². The van der Waals surface area contributed by atoms with Gasteiger partial charge in [0, 0.05) is 40.9 Å². The highest BCUT2D eigenvalue weighted by atomic mass is 16.5. The van der Waals surface area contributed by atoms with E-state index < -0.39 is 0 Å². The first-order valence-corrected chi connectivity index (χ1v) is 9.22. The summed E-state index contributed by atoms with van der Waals surface area (Å²) in [5.41, 5.74) is 15.0. The number of hydrogen-bond acceptors (Lipinski definition) is 8. The molecule has 2 aromatic carbocycles. The minimum atomic E-state index is 0.115. The number of benzene rings is 2. The molecule has 8 heteroatoms. The van der Waals surface area contributed by atoms with E-state index in [0.29, 0.717) is 57.5 Å². The monoisotopic (exact) mass is 419 g/mol. The van der Waals surface area contributed by atoms with Gasteiger partial charge in [-0.15, -0.1) is 6.42 Å². The molecule has 0 fully saturated rings. The van der Waals surface area contributed by atoms with E-state index in [1.165, 1.54) is 0 Å². The lowest BCUT2D eigenvalue weighted by Crippen LogP contribution is -2.05. The second-order valence-corrected chi connectivity index (χ2v) is 6.48. The maximum atomic E-state index is 6.02. The van der Waals surface area contributed by atoms with E-state index in [4.69, 9.17) is 36.8 Å². The van der Waals surface area contributed by atoms with Crippen molar-refractivity contribution in [1.29, 1.82) is 0 Å². The molecule has 0 aliphatic carbocycles. The van der Waals surface area contributed by atoms with Crippen molar-refractivity contribution in [2.45, 2.75) is 6.42 Å². The van der Waals surface area contributed by atoms with Gasteiger partial charge in [-0.25, -0.2) is 4.98 Å². The highest BCUT2D eigenvalue weighted by molar-refractivity contribution is 5.85. The summed E-state index contributed by atoms with van der Waals surface area (Å²) in [6, 6.07) is 8.47. The van der Waals surface area contributed by atoms with Crippen LogP contribution in [0.5, 0.6) is 23.0 Å². The molecule has 0 saturated heterocycles. The maximum absolute atomic E-state index is 6.02. The van der Waals surface area contributed by atoms with Crippen LogP contribution >= 0.6 is 0 Å². The molecule has 0 aliphatic heterocycles. The maximum Gasteiger partial charge on any atom is 0.221 e. The van der Waals surface area contributed by atoms with E-state index in [-0.39, 0.29) is 5.95 Å². The fourth-order valence-electron chi connectivity index (χ4n) is 3.34. The summed E-state index contributed by atoms with van der Waals surface area (Å²) in [4.78, 5) is 8.06. The molecule has 0 atom stereocenters. The Kier molecular flexibility index (Phi) is 6.36. The molecule has 0 spiro atoms. The van der Waals surface area contributed by atoms with Crippen LogP contribution in [0.2, 0.25) is 0 Å². The zero-order valence-electron chi connectivity index (χ0n) is 17.8. The molecule has 4 N–H and O–H groups in total. The van der Waals surface area contributed by atoms with Crippen molar-refractivity contribution in [3.63, 3.8) is 0 Å². The van der Waals surface area contributed by atoms with Gasteiger partial charge in [0.25, 0.3) is 0 Å². The number of nitrogen functional groups attached to an aromatic ring is 2. The van der Waals surface area contributed by atoms with Crippen LogP contribution in [0.3, 0.4) is 0 Å². The Morgan fingerprint density at radius 2 is 1.71 bits per heavy atom. The quantitative estimate of drug-likeness (QED) is 0.562. The van der Waals surface area contributed by atoms with E-state index in [2.05, 4.69) is 22.0 Å². The van der Waals surface area contributed by atoms with Crippen molar-refractivity contribution in [3.8, 4) is 46.5 Å². The SMILES string of the molecule is C#Cc1[c]cc(OC)c(OC)c1-c1cc(Cc2cnc(N)nc2N)cc(OC)c1OC. The summed E-state index contributed by atoms with van der Waals surface area (Å²) >= 11 is 0. The first-order chi connectivity index (χ1) is 15.0. The molecule has 0 saturated carbocycles. The number of rotatable bonds is 7. The van der Waals surface area contributed by atoms with Crippen LogP contribution in [-0.4, -0.2) is 38.4 Å². The third-order valence-corrected chi connectivity index (χ3v) is 4.74. The predicted octanol–water partition coefficient (Wildman–Crippen LogP) is 2.71. The number of anilines is 2. The number of nitrogens with two attached hydrogens (primary N) is 2.